The van der Waals surface area contributed by atoms with Gasteiger partial charge in [0.15, 0.2) is 33.8 Å². The van der Waals surface area contributed by atoms with Gasteiger partial charge in [0.2, 0.25) is 0 Å². The fraction of sp³-hybridized carbons (Fsp3) is 0. The Labute approximate surface area is 60.1 Å². The van der Waals surface area contributed by atoms with E-state index >= 15 is 0 Å². The topological polar surface area (TPSA) is 20.2 Å². The maximum atomic E-state index is 8.88. The van der Waals surface area contributed by atoms with Crippen molar-refractivity contribution in [1.29, 1.82) is 0 Å². The maximum absolute atomic E-state index is 8.88. The van der Waals surface area contributed by atoms with Crippen molar-refractivity contribution < 1.29 is 4.89 Å². The van der Waals surface area contributed by atoms with Crippen molar-refractivity contribution >= 4 is 55.4 Å². The van der Waals surface area contributed by atoms with Crippen molar-refractivity contribution in [2.45, 2.75) is 0 Å². The molecule has 0 aromatic carbocycles. The van der Waals surface area contributed by atoms with E-state index in [0.29, 0.717) is 0 Å². The Kier molecular flexibility index (Phi) is 2.20. The molecule has 0 radical (unpaired) electrons. The molecule has 1 nitrogen and oxygen atoms in total. The van der Waals surface area contributed by atoms with Crippen LogP contribution in [0.3, 0.4) is 0 Å². The Morgan fingerprint density at radius 2 is 2.00 bits per heavy atom. The molecule has 0 aromatic rings. The molecule has 0 atom stereocenters. The molecule has 0 saturated carbocycles. The van der Waals surface area contributed by atoms with Crippen LogP contribution in [0.1, 0.15) is 0 Å². The smallest absolute Gasteiger partial charge is 0.334 e. The van der Waals surface area contributed by atoms with E-state index in [-0.39, 0.29) is 0 Å². The summed E-state index contributed by atoms with van der Waals surface area (Å²) < 4.78 is -1.93. The zero-order chi connectivity index (χ0) is 5.49. The molecule has 0 unspecified atom stereocenters. The molecular formula is HOP2S4+. The average Bonchev–Trinajstić information content (AvgIpc) is 1.27. The van der Waals surface area contributed by atoms with Gasteiger partial charge in [-0.1, -0.05) is 0 Å². The first-order valence-electron chi connectivity index (χ1n) is 1.30. The first-order chi connectivity index (χ1) is 3.10. The van der Waals surface area contributed by atoms with E-state index in [0.717, 1.165) is 0 Å². The Morgan fingerprint density at radius 3 is 2.00 bits per heavy atom. The summed E-state index contributed by atoms with van der Waals surface area (Å²) >= 11 is 12.3. The van der Waals surface area contributed by atoms with E-state index in [9.17, 15) is 0 Å². The molecule has 0 spiro atoms. The summed E-state index contributed by atoms with van der Waals surface area (Å²) in [5.41, 5.74) is 0. The van der Waals surface area contributed by atoms with Crippen molar-refractivity contribution in [2.24, 2.45) is 0 Å². The molecule has 1 rings (SSSR count). The van der Waals surface area contributed by atoms with Crippen LogP contribution in [0.2, 0.25) is 0 Å². The van der Waals surface area contributed by atoms with E-state index in [1.165, 1.54) is 22.0 Å². The third-order valence-electron chi connectivity index (χ3n) is 0.340. The standard InChI is InChI=1S/OP2S4/c1-3(5)6-2(4)7-3/p+1. The van der Waals surface area contributed by atoms with E-state index in [1.54, 1.807) is 0 Å². The van der Waals surface area contributed by atoms with Gasteiger partial charge in [0, 0.05) is 0 Å². The molecule has 7 heteroatoms. The monoisotopic (exact) mass is 207 g/mol. The van der Waals surface area contributed by atoms with E-state index in [4.69, 9.17) is 28.5 Å². The second-order valence-corrected chi connectivity index (χ2v) is 18.7. The molecule has 1 saturated heterocycles. The van der Waals surface area contributed by atoms with Crippen LogP contribution < -0.4 is 0 Å². The molecule has 0 bridgehead atoms. The van der Waals surface area contributed by atoms with Gasteiger partial charge < -0.3 is 4.89 Å². The highest BCUT2D eigenvalue weighted by atomic mass is 33.7. The van der Waals surface area contributed by atoms with Crippen LogP contribution in [0.25, 0.3) is 0 Å². The zero-order valence-corrected chi connectivity index (χ0v) is 8.03. The largest absolute Gasteiger partial charge is 0.345 e. The van der Waals surface area contributed by atoms with Crippen molar-refractivity contribution in [1.82, 2.24) is 0 Å². The van der Waals surface area contributed by atoms with Crippen molar-refractivity contribution in [3.8, 4) is 0 Å². The number of hydrogen-bond donors (Lipinski definition) is 1. The summed E-state index contributed by atoms with van der Waals surface area (Å²) in [5, 5.41) is -0.394. The molecular weight excluding hydrogens is 206 g/mol. The quantitative estimate of drug-likeness (QED) is 0.614. The molecule has 40 valence electrons. The zero-order valence-electron chi connectivity index (χ0n) is 2.97. The minimum absolute atomic E-state index is 0.394. The lowest BCUT2D eigenvalue weighted by atomic mass is 15.9. The third kappa shape index (κ3) is 1.90. The highest BCUT2D eigenvalue weighted by molar-refractivity contribution is 9.42. The molecule has 1 aliphatic heterocycles. The molecule has 0 aromatic heterocycles. The van der Waals surface area contributed by atoms with E-state index < -0.39 is 9.77 Å². The first-order valence-corrected chi connectivity index (χ1v) is 10.5. The number of hydrogen-bond acceptors (Lipinski definition) is 4. The third-order valence-corrected chi connectivity index (χ3v) is 23.6. The van der Waals surface area contributed by atoms with Gasteiger partial charge in [-0.2, -0.15) is 0 Å². The van der Waals surface area contributed by atoms with Crippen LogP contribution in [0.15, 0.2) is 0 Å². The summed E-state index contributed by atoms with van der Waals surface area (Å²) in [6, 6.07) is 0. The van der Waals surface area contributed by atoms with Gasteiger partial charge in [-0.3, -0.25) is 0 Å². The Hall–Kier alpha value is 1.83. The predicted molar refractivity (Wildman–Crippen MR) is 46.0 cm³/mol. The molecule has 1 N–H and O–H groups in total. The summed E-state index contributed by atoms with van der Waals surface area (Å²) in [6.45, 7) is 0. The fourth-order valence-electron chi connectivity index (χ4n) is 0.175. The van der Waals surface area contributed by atoms with Gasteiger partial charge >= 0.3 is 5.10 Å². The SMILES string of the molecule is OP1(=S)S[P+](=S)S1. The highest BCUT2D eigenvalue weighted by Gasteiger charge is 2.46. The lowest BCUT2D eigenvalue weighted by Gasteiger charge is -2.06. The lowest BCUT2D eigenvalue weighted by molar-refractivity contribution is 0.654. The van der Waals surface area contributed by atoms with Crippen LogP contribution in [0, 0.1) is 0 Å². The fourth-order valence-corrected chi connectivity index (χ4v) is 27.4. The average molecular weight is 207 g/mol. The molecule has 1 heterocycles. The maximum Gasteiger partial charge on any atom is 0.334 e. The number of rotatable bonds is 0. The van der Waals surface area contributed by atoms with Gasteiger partial charge in [0.05, 0.1) is 0 Å². The van der Waals surface area contributed by atoms with Crippen LogP contribution >= 0.6 is 31.8 Å². The minimum atomic E-state index is -1.93. The lowest BCUT2D eigenvalue weighted by Crippen LogP contribution is -1.64. The summed E-state index contributed by atoms with van der Waals surface area (Å²) in [6.07, 6.45) is 0. The molecule has 0 aliphatic carbocycles. The summed E-state index contributed by atoms with van der Waals surface area (Å²) in [5.74, 6) is 0. The Balaban J connectivity index is 2.60. The summed E-state index contributed by atoms with van der Waals surface area (Å²) in [4.78, 5) is 8.88. The van der Waals surface area contributed by atoms with E-state index in [1.807, 2.05) is 0 Å². The molecule has 1 fully saturated rings. The van der Waals surface area contributed by atoms with Crippen molar-refractivity contribution in [2.75, 3.05) is 0 Å². The van der Waals surface area contributed by atoms with Gasteiger partial charge in [-0.05, 0) is 11.8 Å². The second-order valence-electron chi connectivity index (χ2n) is 0.855. The van der Waals surface area contributed by atoms with Gasteiger partial charge in [0.25, 0.3) is 4.67 Å². The van der Waals surface area contributed by atoms with Crippen molar-refractivity contribution in [3.05, 3.63) is 0 Å². The Bertz CT molecular complexity index is 138. The molecule has 1 aliphatic rings. The van der Waals surface area contributed by atoms with Gasteiger partial charge in [0.1, 0.15) is 0 Å². The van der Waals surface area contributed by atoms with Crippen LogP contribution in [0.4, 0.5) is 0 Å². The van der Waals surface area contributed by atoms with E-state index in [2.05, 4.69) is 0 Å². The normalized spacial score (nSPS) is 45.6. The van der Waals surface area contributed by atoms with Crippen LogP contribution in [-0.2, 0) is 23.6 Å². The van der Waals surface area contributed by atoms with Gasteiger partial charge in [-0.25, -0.2) is 0 Å². The second kappa shape index (κ2) is 2.22. The van der Waals surface area contributed by atoms with Crippen LogP contribution in [0.5, 0.6) is 0 Å². The minimum Gasteiger partial charge on any atom is -0.345 e. The molecule has 0 amide bonds. The van der Waals surface area contributed by atoms with Crippen molar-refractivity contribution in [3.63, 3.8) is 0 Å². The predicted octanol–water partition coefficient (Wildman–Crippen LogP) is 2.46. The highest BCUT2D eigenvalue weighted by Crippen LogP contribution is 2.94. The van der Waals surface area contributed by atoms with Gasteiger partial charge in [-0.15, -0.1) is 0 Å². The summed E-state index contributed by atoms with van der Waals surface area (Å²) in [7, 11) is 0. The Morgan fingerprint density at radius 1 is 1.57 bits per heavy atom. The van der Waals surface area contributed by atoms with Crippen LogP contribution in [-0.4, -0.2) is 4.89 Å². The first kappa shape index (κ1) is 6.94. The molecule has 7 heavy (non-hydrogen) atoms.